The van der Waals surface area contributed by atoms with E-state index in [9.17, 15) is 4.79 Å². The predicted molar refractivity (Wildman–Crippen MR) is 80.6 cm³/mol. The van der Waals surface area contributed by atoms with Gasteiger partial charge in [0, 0.05) is 12.7 Å². The molecule has 6 heteroatoms. The summed E-state index contributed by atoms with van der Waals surface area (Å²) in [6, 6.07) is 7.19. The first-order chi connectivity index (χ1) is 9.94. The number of benzene rings is 1. The Hall–Kier alpha value is -2.24. The number of ether oxygens (including phenoxy) is 1. The van der Waals surface area contributed by atoms with Gasteiger partial charge in [0.1, 0.15) is 11.2 Å². The van der Waals surface area contributed by atoms with E-state index in [0.29, 0.717) is 18.8 Å². The van der Waals surface area contributed by atoms with Gasteiger partial charge in [0.15, 0.2) is 5.84 Å². The van der Waals surface area contributed by atoms with Crippen LogP contribution in [0.15, 0.2) is 29.4 Å². The van der Waals surface area contributed by atoms with E-state index in [-0.39, 0.29) is 11.7 Å². The average Bonchev–Trinajstić information content (AvgIpc) is 2.49. The first-order valence-electron chi connectivity index (χ1n) is 6.85. The van der Waals surface area contributed by atoms with E-state index < -0.39 is 5.41 Å². The van der Waals surface area contributed by atoms with Crippen LogP contribution < -0.4 is 15.4 Å². The molecular weight excluding hydrogens is 270 g/mol. The van der Waals surface area contributed by atoms with Crippen LogP contribution in [0, 0.1) is 11.3 Å². The van der Waals surface area contributed by atoms with Crippen LogP contribution in [-0.2, 0) is 4.79 Å². The van der Waals surface area contributed by atoms with E-state index in [1.54, 1.807) is 43.3 Å². The lowest BCUT2D eigenvalue weighted by molar-refractivity contribution is -0.130. The molecule has 1 fully saturated rings. The maximum absolute atomic E-state index is 12.8. The SMILES string of the molecule is COc1ccc(N(C)C(=O)C2(/C(N)=N/O)CC(C)C2)cc1. The highest BCUT2D eigenvalue weighted by Crippen LogP contribution is 2.47. The zero-order valence-corrected chi connectivity index (χ0v) is 12.5. The topological polar surface area (TPSA) is 88.2 Å². The molecule has 2 rings (SSSR count). The molecule has 1 aliphatic carbocycles. The van der Waals surface area contributed by atoms with Crippen LogP contribution in [0.5, 0.6) is 5.75 Å². The maximum Gasteiger partial charge on any atom is 0.240 e. The van der Waals surface area contributed by atoms with Crippen LogP contribution in [0.3, 0.4) is 0 Å². The summed E-state index contributed by atoms with van der Waals surface area (Å²) in [5.41, 5.74) is 5.63. The Morgan fingerprint density at radius 3 is 2.43 bits per heavy atom. The molecule has 1 aromatic rings. The van der Waals surface area contributed by atoms with Crippen LogP contribution in [0.2, 0.25) is 0 Å². The molecule has 0 aromatic heterocycles. The highest BCUT2D eigenvalue weighted by molar-refractivity contribution is 6.13. The minimum absolute atomic E-state index is 0.00837. The van der Waals surface area contributed by atoms with Crippen molar-refractivity contribution < 1.29 is 14.7 Å². The molecule has 6 nitrogen and oxygen atoms in total. The lowest BCUT2D eigenvalue weighted by Crippen LogP contribution is -2.57. The third kappa shape index (κ3) is 2.53. The van der Waals surface area contributed by atoms with Crippen molar-refractivity contribution in [2.24, 2.45) is 22.2 Å². The van der Waals surface area contributed by atoms with Crippen LogP contribution in [0.25, 0.3) is 0 Å². The van der Waals surface area contributed by atoms with Crippen molar-refractivity contribution in [1.82, 2.24) is 0 Å². The van der Waals surface area contributed by atoms with Crippen molar-refractivity contribution >= 4 is 17.4 Å². The summed E-state index contributed by atoms with van der Waals surface area (Å²) in [6.45, 7) is 2.05. The summed E-state index contributed by atoms with van der Waals surface area (Å²) < 4.78 is 5.10. The average molecular weight is 291 g/mol. The van der Waals surface area contributed by atoms with Crippen LogP contribution in [0.1, 0.15) is 19.8 Å². The van der Waals surface area contributed by atoms with Crippen molar-refractivity contribution in [3.63, 3.8) is 0 Å². The Morgan fingerprint density at radius 1 is 1.43 bits per heavy atom. The Balaban J connectivity index is 2.24. The fourth-order valence-electron chi connectivity index (χ4n) is 2.96. The number of amides is 1. The number of rotatable bonds is 4. The molecule has 0 aliphatic heterocycles. The lowest BCUT2D eigenvalue weighted by atomic mass is 9.61. The van der Waals surface area contributed by atoms with Gasteiger partial charge in [-0.3, -0.25) is 4.79 Å². The Bertz CT molecular complexity index is 548. The second kappa shape index (κ2) is 5.63. The molecule has 1 saturated carbocycles. The van der Waals surface area contributed by atoms with Crippen molar-refractivity contribution in [3.05, 3.63) is 24.3 Å². The molecule has 0 radical (unpaired) electrons. The smallest absolute Gasteiger partial charge is 0.240 e. The molecule has 0 heterocycles. The summed E-state index contributed by atoms with van der Waals surface area (Å²) in [5, 5.41) is 12.0. The summed E-state index contributed by atoms with van der Waals surface area (Å²) in [6.07, 6.45) is 1.20. The summed E-state index contributed by atoms with van der Waals surface area (Å²) >= 11 is 0. The van der Waals surface area contributed by atoms with Gasteiger partial charge in [-0.1, -0.05) is 12.1 Å². The quantitative estimate of drug-likeness (QED) is 0.383. The minimum atomic E-state index is -0.886. The highest BCUT2D eigenvalue weighted by atomic mass is 16.5. The molecule has 0 atom stereocenters. The Kier molecular flexibility index (Phi) is 4.06. The number of carbonyl (C=O) groups excluding carboxylic acids is 1. The van der Waals surface area contributed by atoms with Gasteiger partial charge in [-0.05, 0) is 43.0 Å². The molecule has 3 N–H and O–H groups in total. The molecule has 0 saturated heterocycles. The van der Waals surface area contributed by atoms with E-state index in [1.807, 2.05) is 6.92 Å². The zero-order valence-electron chi connectivity index (χ0n) is 12.5. The van der Waals surface area contributed by atoms with Gasteiger partial charge in [0.05, 0.1) is 7.11 Å². The summed E-state index contributed by atoms with van der Waals surface area (Å²) in [5.74, 6) is 0.952. The number of hydrogen-bond donors (Lipinski definition) is 2. The van der Waals surface area contributed by atoms with E-state index in [0.717, 1.165) is 11.4 Å². The molecule has 1 aliphatic rings. The first kappa shape index (κ1) is 15.2. The maximum atomic E-state index is 12.8. The number of nitrogens with two attached hydrogens (primary N) is 1. The van der Waals surface area contributed by atoms with Gasteiger partial charge in [-0.15, -0.1) is 0 Å². The van der Waals surface area contributed by atoms with E-state index in [2.05, 4.69) is 5.16 Å². The second-order valence-electron chi connectivity index (χ2n) is 5.64. The van der Waals surface area contributed by atoms with Crippen molar-refractivity contribution in [2.75, 3.05) is 19.1 Å². The highest BCUT2D eigenvalue weighted by Gasteiger charge is 2.53. The van der Waals surface area contributed by atoms with E-state index in [1.165, 1.54) is 0 Å². The molecule has 0 spiro atoms. The van der Waals surface area contributed by atoms with Crippen molar-refractivity contribution in [3.8, 4) is 5.75 Å². The van der Waals surface area contributed by atoms with Gasteiger partial charge in [0.2, 0.25) is 5.91 Å². The molecule has 21 heavy (non-hydrogen) atoms. The Labute approximate surface area is 124 Å². The summed E-state index contributed by atoms with van der Waals surface area (Å²) in [7, 11) is 3.28. The van der Waals surface area contributed by atoms with Crippen molar-refractivity contribution in [2.45, 2.75) is 19.8 Å². The Morgan fingerprint density at radius 2 is 2.00 bits per heavy atom. The fraction of sp³-hybridized carbons (Fsp3) is 0.467. The molecular formula is C15H21N3O3. The molecule has 1 amide bonds. The fourth-order valence-corrected chi connectivity index (χ4v) is 2.96. The van der Waals surface area contributed by atoms with Crippen molar-refractivity contribution in [1.29, 1.82) is 0 Å². The van der Waals surface area contributed by atoms with Gasteiger partial charge < -0.3 is 20.6 Å². The molecule has 0 bridgehead atoms. The molecule has 1 aromatic carbocycles. The zero-order chi connectivity index (χ0) is 15.6. The normalized spacial score (nSPS) is 25.1. The number of amidine groups is 1. The van der Waals surface area contributed by atoms with Gasteiger partial charge in [-0.25, -0.2) is 0 Å². The monoisotopic (exact) mass is 291 g/mol. The molecule has 114 valence electrons. The largest absolute Gasteiger partial charge is 0.497 e. The first-order valence-corrected chi connectivity index (χ1v) is 6.85. The number of carbonyl (C=O) groups is 1. The number of oxime groups is 1. The summed E-state index contributed by atoms with van der Waals surface area (Å²) in [4.78, 5) is 14.3. The number of anilines is 1. The number of hydrogen-bond acceptors (Lipinski definition) is 4. The van der Waals surface area contributed by atoms with Gasteiger partial charge in [0.25, 0.3) is 0 Å². The minimum Gasteiger partial charge on any atom is -0.497 e. The van der Waals surface area contributed by atoms with E-state index in [4.69, 9.17) is 15.7 Å². The second-order valence-corrected chi connectivity index (χ2v) is 5.64. The van der Waals surface area contributed by atoms with Crippen LogP contribution in [-0.4, -0.2) is 31.1 Å². The molecule has 0 unspecified atom stereocenters. The van der Waals surface area contributed by atoms with E-state index >= 15 is 0 Å². The third-order valence-corrected chi connectivity index (χ3v) is 4.17. The predicted octanol–water partition coefficient (Wildman–Crippen LogP) is 1.82. The van der Waals surface area contributed by atoms with Gasteiger partial charge in [-0.2, -0.15) is 0 Å². The lowest BCUT2D eigenvalue weighted by Gasteiger charge is -2.45. The number of nitrogens with zero attached hydrogens (tertiary/aromatic N) is 2. The standard InChI is InChI=1S/C15H21N3O3/c1-10-8-15(9-10,13(16)17-20)14(19)18(2)11-4-6-12(21-3)7-5-11/h4-7,10,20H,8-9H2,1-3H3,(H2,16,17). The van der Waals surface area contributed by atoms with Gasteiger partial charge >= 0.3 is 0 Å². The van der Waals surface area contributed by atoms with Crippen LogP contribution in [0.4, 0.5) is 5.69 Å². The van der Waals surface area contributed by atoms with Crippen LogP contribution >= 0.6 is 0 Å². The number of methoxy groups -OCH3 is 1. The third-order valence-electron chi connectivity index (χ3n) is 4.17.